The van der Waals surface area contributed by atoms with E-state index in [1.54, 1.807) is 11.5 Å². The molecule has 0 fully saturated rings. The van der Waals surface area contributed by atoms with Gasteiger partial charge in [0.05, 0.1) is 26.7 Å². The maximum Gasteiger partial charge on any atom is 0.326 e. The third-order valence-corrected chi connectivity index (χ3v) is 4.54. The summed E-state index contributed by atoms with van der Waals surface area (Å²) in [6.45, 7) is 3.10. The fraction of sp³-hybridized carbons (Fsp3) is 0.211. The summed E-state index contributed by atoms with van der Waals surface area (Å²) in [6.07, 6.45) is -1.09. The molecule has 0 aliphatic rings. The van der Waals surface area contributed by atoms with Crippen molar-refractivity contribution in [3.63, 3.8) is 0 Å². The van der Waals surface area contributed by atoms with Crippen LogP contribution in [0.15, 0.2) is 42.5 Å². The third-order valence-electron chi connectivity index (χ3n) is 4.23. The lowest BCUT2D eigenvalue weighted by Gasteiger charge is -2.15. The molecule has 1 heterocycles. The van der Waals surface area contributed by atoms with E-state index < -0.39 is 22.9 Å². The number of rotatable bonds is 6. The number of carbonyl (C=O) groups is 2. The molecule has 2 aromatic carbocycles. The number of imidazole rings is 1. The quantitative estimate of drug-likeness (QED) is 0.373. The highest BCUT2D eigenvalue weighted by atomic mass is 35.5. The van der Waals surface area contributed by atoms with E-state index in [0.29, 0.717) is 5.82 Å². The van der Waals surface area contributed by atoms with Gasteiger partial charge in [0.2, 0.25) is 0 Å². The molecule has 3 rings (SSSR count). The van der Waals surface area contributed by atoms with Crippen LogP contribution in [0.3, 0.4) is 0 Å². The van der Waals surface area contributed by atoms with Crippen molar-refractivity contribution in [2.75, 3.05) is 5.32 Å². The first-order chi connectivity index (χ1) is 13.8. The van der Waals surface area contributed by atoms with Crippen LogP contribution in [0.1, 0.15) is 12.7 Å². The molecule has 1 atom stereocenters. The highest BCUT2D eigenvalue weighted by Gasteiger charge is 2.21. The number of carbonyl (C=O) groups excluding carboxylic acids is 2. The van der Waals surface area contributed by atoms with E-state index in [1.165, 1.54) is 19.1 Å². The summed E-state index contributed by atoms with van der Waals surface area (Å²) < 4.78 is 6.92. The van der Waals surface area contributed by atoms with E-state index in [-0.39, 0.29) is 22.9 Å². The maximum atomic E-state index is 12.3. The Balaban J connectivity index is 1.64. The van der Waals surface area contributed by atoms with E-state index >= 15 is 0 Å². The second-order valence-electron chi connectivity index (χ2n) is 6.28. The molecule has 150 valence electrons. The second kappa shape index (κ2) is 8.27. The molecule has 1 N–H and O–H groups in total. The minimum atomic E-state index is -1.09. The summed E-state index contributed by atoms with van der Waals surface area (Å²) in [5, 5.41) is 13.2. The van der Waals surface area contributed by atoms with Crippen LogP contribution in [0.25, 0.3) is 11.0 Å². The zero-order valence-electron chi connectivity index (χ0n) is 15.6. The smallest absolute Gasteiger partial charge is 0.326 e. The third kappa shape index (κ3) is 4.52. The fourth-order valence-corrected chi connectivity index (χ4v) is 2.99. The van der Waals surface area contributed by atoms with E-state index in [9.17, 15) is 19.7 Å². The van der Waals surface area contributed by atoms with Gasteiger partial charge < -0.3 is 14.6 Å². The number of amides is 1. The number of non-ortho nitro benzene ring substituents is 1. The molecular formula is C19H17ClN4O5. The number of anilines is 1. The van der Waals surface area contributed by atoms with Crippen molar-refractivity contribution in [3.8, 4) is 0 Å². The first kappa shape index (κ1) is 20.3. The van der Waals surface area contributed by atoms with Gasteiger partial charge in [-0.25, -0.2) is 4.98 Å². The van der Waals surface area contributed by atoms with Gasteiger partial charge >= 0.3 is 5.97 Å². The van der Waals surface area contributed by atoms with Gasteiger partial charge in [-0.2, -0.15) is 0 Å². The Labute approximate surface area is 170 Å². The number of nitro groups is 1. The number of halogens is 1. The number of nitrogens with zero attached hydrogens (tertiary/aromatic N) is 3. The number of benzene rings is 2. The summed E-state index contributed by atoms with van der Waals surface area (Å²) in [7, 11) is 0. The number of para-hydroxylation sites is 2. The van der Waals surface area contributed by atoms with Gasteiger partial charge in [-0.3, -0.25) is 19.7 Å². The van der Waals surface area contributed by atoms with Crippen LogP contribution < -0.4 is 5.32 Å². The molecule has 0 saturated heterocycles. The van der Waals surface area contributed by atoms with Crippen molar-refractivity contribution < 1.29 is 19.2 Å². The van der Waals surface area contributed by atoms with Crippen LogP contribution in [0, 0.1) is 17.0 Å². The molecule has 0 saturated carbocycles. The fourth-order valence-electron chi connectivity index (χ4n) is 2.77. The molecule has 0 bridgehead atoms. The van der Waals surface area contributed by atoms with Crippen LogP contribution in [0.2, 0.25) is 5.02 Å². The molecule has 0 spiro atoms. The summed E-state index contributed by atoms with van der Waals surface area (Å²) in [5.41, 5.74) is 1.53. The normalized spacial score (nSPS) is 11.8. The van der Waals surface area contributed by atoms with Crippen molar-refractivity contribution in [2.45, 2.75) is 26.5 Å². The number of aromatic nitrogens is 2. The summed E-state index contributed by atoms with van der Waals surface area (Å²) in [6, 6.07) is 11.0. The number of fused-ring (bicyclic) bond motifs is 1. The van der Waals surface area contributed by atoms with Crippen molar-refractivity contribution >= 4 is 45.9 Å². The summed E-state index contributed by atoms with van der Waals surface area (Å²) >= 11 is 5.96. The van der Waals surface area contributed by atoms with Gasteiger partial charge in [-0.05, 0) is 32.0 Å². The number of hydrogen-bond donors (Lipinski definition) is 1. The molecule has 9 nitrogen and oxygen atoms in total. The SMILES string of the molecule is Cc1nc2ccccc2n1CC(=O)OC(C)C(=O)Nc1ccc([N+](=O)[O-])cc1Cl. The topological polar surface area (TPSA) is 116 Å². The monoisotopic (exact) mass is 416 g/mol. The van der Waals surface area contributed by atoms with Gasteiger partial charge in [-0.15, -0.1) is 0 Å². The molecule has 0 aliphatic carbocycles. The summed E-state index contributed by atoms with van der Waals surface area (Å²) in [4.78, 5) is 39.1. The van der Waals surface area contributed by atoms with E-state index in [2.05, 4.69) is 10.3 Å². The number of hydrogen-bond acceptors (Lipinski definition) is 6. The van der Waals surface area contributed by atoms with Gasteiger partial charge in [0.25, 0.3) is 11.6 Å². The lowest BCUT2D eigenvalue weighted by atomic mass is 10.2. The summed E-state index contributed by atoms with van der Waals surface area (Å²) in [5.74, 6) is -0.562. The van der Waals surface area contributed by atoms with Crippen molar-refractivity contribution in [1.82, 2.24) is 9.55 Å². The Bertz CT molecular complexity index is 1110. The number of nitro benzene ring substituents is 1. The highest BCUT2D eigenvalue weighted by molar-refractivity contribution is 6.34. The van der Waals surface area contributed by atoms with Gasteiger partial charge in [0.1, 0.15) is 12.4 Å². The van der Waals surface area contributed by atoms with Crippen LogP contribution in [0.4, 0.5) is 11.4 Å². The van der Waals surface area contributed by atoms with Crippen LogP contribution >= 0.6 is 11.6 Å². The minimum Gasteiger partial charge on any atom is -0.451 e. The van der Waals surface area contributed by atoms with Crippen molar-refractivity contribution in [3.05, 3.63) is 63.4 Å². The van der Waals surface area contributed by atoms with Gasteiger partial charge in [-0.1, -0.05) is 23.7 Å². The van der Waals surface area contributed by atoms with Crippen molar-refractivity contribution in [1.29, 1.82) is 0 Å². The standard InChI is InChI=1S/C19H17ClN4O5/c1-11(19(26)22-15-8-7-13(24(27)28)9-14(15)20)29-18(25)10-23-12(2)21-16-5-3-4-6-17(16)23/h3-9,11H,10H2,1-2H3,(H,22,26). The van der Waals surface area contributed by atoms with E-state index in [0.717, 1.165) is 17.1 Å². The minimum absolute atomic E-state index is 0.00610. The number of esters is 1. The molecule has 1 unspecified atom stereocenters. The lowest BCUT2D eigenvalue weighted by molar-refractivity contribution is -0.384. The molecule has 29 heavy (non-hydrogen) atoms. The molecule has 0 aliphatic heterocycles. The lowest BCUT2D eigenvalue weighted by Crippen LogP contribution is -2.31. The molecule has 0 radical (unpaired) electrons. The second-order valence-corrected chi connectivity index (χ2v) is 6.68. The molecule has 3 aromatic rings. The Morgan fingerprint density at radius 1 is 1.31 bits per heavy atom. The van der Waals surface area contributed by atoms with E-state index in [4.69, 9.17) is 16.3 Å². The number of ether oxygens (including phenoxy) is 1. The molecule has 1 amide bonds. The molecule has 1 aromatic heterocycles. The van der Waals surface area contributed by atoms with Crippen LogP contribution in [-0.2, 0) is 20.9 Å². The number of aryl methyl sites for hydroxylation is 1. The zero-order chi connectivity index (χ0) is 21.1. The van der Waals surface area contributed by atoms with Crippen LogP contribution in [-0.4, -0.2) is 32.5 Å². The Kier molecular flexibility index (Phi) is 5.79. The van der Waals surface area contributed by atoms with Gasteiger partial charge in [0.15, 0.2) is 6.10 Å². The molecular weight excluding hydrogens is 400 g/mol. The predicted molar refractivity (Wildman–Crippen MR) is 107 cm³/mol. The maximum absolute atomic E-state index is 12.3. The first-order valence-electron chi connectivity index (χ1n) is 8.62. The number of nitrogens with one attached hydrogen (secondary N) is 1. The van der Waals surface area contributed by atoms with E-state index in [1.807, 2.05) is 24.3 Å². The average Bonchev–Trinajstić information content (AvgIpc) is 2.98. The average molecular weight is 417 g/mol. The largest absolute Gasteiger partial charge is 0.451 e. The highest BCUT2D eigenvalue weighted by Crippen LogP contribution is 2.26. The first-order valence-corrected chi connectivity index (χ1v) is 9.00. The van der Waals surface area contributed by atoms with Crippen molar-refractivity contribution in [2.24, 2.45) is 0 Å². The van der Waals surface area contributed by atoms with Gasteiger partial charge in [0, 0.05) is 12.1 Å². The van der Waals surface area contributed by atoms with Crippen LogP contribution in [0.5, 0.6) is 0 Å². The predicted octanol–water partition coefficient (Wildman–Crippen LogP) is 3.48. The zero-order valence-corrected chi connectivity index (χ0v) is 16.3. The molecule has 10 heteroatoms. The Morgan fingerprint density at radius 2 is 2.03 bits per heavy atom. The Hall–Kier alpha value is -3.46. The Morgan fingerprint density at radius 3 is 2.72 bits per heavy atom.